The van der Waals surface area contributed by atoms with E-state index < -0.39 is 5.97 Å². The number of aromatic carboxylic acids is 1. The van der Waals surface area contributed by atoms with Gasteiger partial charge in [0.25, 0.3) is 0 Å². The first-order chi connectivity index (χ1) is 18.9. The van der Waals surface area contributed by atoms with Gasteiger partial charge in [-0.2, -0.15) is 0 Å². The maximum atomic E-state index is 12.4. The zero-order chi connectivity index (χ0) is 27.6. The number of carboxylic acids is 1. The van der Waals surface area contributed by atoms with Crippen LogP contribution in [0.3, 0.4) is 0 Å². The molecule has 0 atom stereocenters. The number of hydrogen-bond acceptors (Lipinski definition) is 5. The van der Waals surface area contributed by atoms with E-state index in [1.165, 1.54) is 6.07 Å². The molecule has 4 rings (SSSR count). The van der Waals surface area contributed by atoms with Crippen molar-refractivity contribution in [2.75, 3.05) is 5.32 Å². The Hall–Kier alpha value is -4.59. The normalized spacial score (nSPS) is 16.8. The lowest BCUT2D eigenvalue weighted by Crippen LogP contribution is -2.38. The highest BCUT2D eigenvalue weighted by Gasteiger charge is 2.23. The molecular weight excluding hydrogens is 496 g/mol. The van der Waals surface area contributed by atoms with Gasteiger partial charge in [0.15, 0.2) is 0 Å². The van der Waals surface area contributed by atoms with Crippen LogP contribution in [0.25, 0.3) is 0 Å². The van der Waals surface area contributed by atoms with Crippen LogP contribution in [0.1, 0.15) is 48.5 Å². The smallest absolute Gasteiger partial charge is 0.337 e. The largest absolute Gasteiger partial charge is 0.490 e. The molecule has 1 fully saturated rings. The van der Waals surface area contributed by atoms with Crippen molar-refractivity contribution in [2.45, 2.75) is 51.2 Å². The Kier molecular flexibility index (Phi) is 9.34. The Bertz CT molecular complexity index is 1310. The van der Waals surface area contributed by atoms with Crippen molar-refractivity contribution < 1.29 is 29.0 Å². The fourth-order valence-electron chi connectivity index (χ4n) is 4.47. The summed E-state index contributed by atoms with van der Waals surface area (Å²) in [6, 6.07) is 21.1. The number of para-hydroxylation sites is 1. The summed E-state index contributed by atoms with van der Waals surface area (Å²) in [6.45, 7) is 1.83. The number of hydrogen-bond donors (Lipinski definition) is 3. The van der Waals surface area contributed by atoms with E-state index in [2.05, 4.69) is 10.6 Å². The number of benzene rings is 3. The number of rotatable bonds is 10. The third-order valence-electron chi connectivity index (χ3n) is 6.42. The summed E-state index contributed by atoms with van der Waals surface area (Å²) >= 11 is 0. The highest BCUT2D eigenvalue weighted by atomic mass is 16.5. The highest BCUT2D eigenvalue weighted by molar-refractivity contribution is 6.01. The number of ether oxygens (including phenoxy) is 2. The zero-order valence-corrected chi connectivity index (χ0v) is 21.8. The van der Waals surface area contributed by atoms with Crippen LogP contribution < -0.4 is 20.1 Å². The molecule has 3 aromatic carbocycles. The minimum absolute atomic E-state index is 0.0447. The highest BCUT2D eigenvalue weighted by Crippen LogP contribution is 2.28. The zero-order valence-electron chi connectivity index (χ0n) is 21.8. The van der Waals surface area contributed by atoms with E-state index in [0.29, 0.717) is 11.5 Å². The van der Waals surface area contributed by atoms with Crippen LogP contribution >= 0.6 is 0 Å². The summed E-state index contributed by atoms with van der Waals surface area (Å²) in [6.07, 6.45) is 7.06. The molecule has 0 unspecified atom stereocenters. The van der Waals surface area contributed by atoms with Gasteiger partial charge in [0.05, 0.1) is 23.8 Å². The number of amides is 2. The summed E-state index contributed by atoms with van der Waals surface area (Å²) in [5.41, 5.74) is 1.08. The van der Waals surface area contributed by atoms with E-state index in [1.54, 1.807) is 54.6 Å². The molecule has 0 saturated heterocycles. The third-order valence-corrected chi connectivity index (χ3v) is 6.42. The molecule has 8 nitrogen and oxygen atoms in total. The van der Waals surface area contributed by atoms with Crippen molar-refractivity contribution in [3.05, 3.63) is 96.1 Å². The Morgan fingerprint density at radius 1 is 0.872 bits per heavy atom. The van der Waals surface area contributed by atoms with Gasteiger partial charge >= 0.3 is 5.97 Å². The van der Waals surface area contributed by atoms with Crippen molar-refractivity contribution in [1.82, 2.24) is 5.32 Å². The Morgan fingerprint density at radius 3 is 2.13 bits per heavy atom. The summed E-state index contributed by atoms with van der Waals surface area (Å²) in [5.74, 6) is 0.614. The van der Waals surface area contributed by atoms with Crippen LogP contribution in [0.15, 0.2) is 84.9 Å². The summed E-state index contributed by atoms with van der Waals surface area (Å²) < 4.78 is 12.0. The molecule has 0 spiro atoms. The summed E-state index contributed by atoms with van der Waals surface area (Å²) in [4.78, 5) is 35.5. The summed E-state index contributed by atoms with van der Waals surface area (Å²) in [5, 5.41) is 15.0. The quantitative estimate of drug-likeness (QED) is 0.289. The number of allylic oxidation sites excluding steroid dienone is 1. The first kappa shape index (κ1) is 27.4. The predicted molar refractivity (Wildman–Crippen MR) is 148 cm³/mol. The average molecular weight is 529 g/mol. The number of nitrogens with one attached hydrogen (secondary N) is 2. The predicted octanol–water partition coefficient (Wildman–Crippen LogP) is 5.74. The van der Waals surface area contributed by atoms with Gasteiger partial charge in [-0.3, -0.25) is 9.59 Å². The fourth-order valence-corrected chi connectivity index (χ4v) is 4.47. The molecule has 0 radical (unpaired) electrons. The molecule has 39 heavy (non-hydrogen) atoms. The molecule has 202 valence electrons. The topological polar surface area (TPSA) is 114 Å². The maximum absolute atomic E-state index is 12.4. The van der Waals surface area contributed by atoms with Gasteiger partial charge in [0.1, 0.15) is 17.2 Å². The van der Waals surface area contributed by atoms with Crippen molar-refractivity contribution in [3.8, 4) is 17.2 Å². The Morgan fingerprint density at radius 2 is 1.49 bits per heavy atom. The second-order valence-electron chi connectivity index (χ2n) is 9.39. The molecule has 0 aliphatic heterocycles. The monoisotopic (exact) mass is 528 g/mol. The summed E-state index contributed by atoms with van der Waals surface area (Å²) in [7, 11) is 0. The van der Waals surface area contributed by atoms with E-state index in [-0.39, 0.29) is 41.6 Å². The van der Waals surface area contributed by atoms with Gasteiger partial charge in [0, 0.05) is 6.04 Å². The minimum atomic E-state index is -1.10. The number of anilines is 1. The third kappa shape index (κ3) is 8.20. The molecule has 0 heterocycles. The minimum Gasteiger partial charge on any atom is -0.490 e. The first-order valence-corrected chi connectivity index (χ1v) is 13.0. The number of carbonyl (C=O) groups excluding carboxylic acids is 2. The van der Waals surface area contributed by atoms with Crippen molar-refractivity contribution >= 4 is 23.5 Å². The van der Waals surface area contributed by atoms with E-state index in [1.807, 2.05) is 31.2 Å². The van der Waals surface area contributed by atoms with E-state index in [0.717, 1.165) is 37.0 Å². The molecule has 1 aliphatic rings. The molecule has 2 amide bonds. The Balaban J connectivity index is 1.23. The van der Waals surface area contributed by atoms with E-state index in [4.69, 9.17) is 9.47 Å². The standard InChI is InChI=1S/C31H32N2O6/c1-2-5-29(34)32-22-10-14-24(15-11-22)39-26-18-16-25(17-19-26)38-23-12-8-21(9-13-23)20-30(35)33-28-7-4-3-6-27(28)31(36)37/h2-9,12-13,16-19,22,24H,10-11,14-15,20H2,1H3,(H,32,34)(H,33,35)(H,36,37)/b5-2+. The molecule has 8 heteroatoms. The second kappa shape index (κ2) is 13.3. The van der Waals surface area contributed by atoms with Crippen LogP contribution in [-0.4, -0.2) is 35.0 Å². The number of carboxylic acid groups (broad SMARTS) is 1. The van der Waals surface area contributed by atoms with Gasteiger partial charge in [-0.15, -0.1) is 0 Å². The lowest BCUT2D eigenvalue weighted by Gasteiger charge is -2.29. The maximum Gasteiger partial charge on any atom is 0.337 e. The van der Waals surface area contributed by atoms with Gasteiger partial charge in [-0.25, -0.2) is 4.79 Å². The SMILES string of the molecule is C/C=C/C(=O)NC1CCC(Oc2ccc(Oc3ccc(CC(=O)Nc4ccccc4C(=O)O)cc3)cc2)CC1. The molecule has 1 saturated carbocycles. The molecule has 0 bridgehead atoms. The van der Waals surface area contributed by atoms with E-state index in [9.17, 15) is 19.5 Å². The Labute approximate surface area is 227 Å². The van der Waals surface area contributed by atoms with Gasteiger partial charge in [0.2, 0.25) is 11.8 Å². The molecule has 0 aromatic heterocycles. The van der Waals surface area contributed by atoms with Crippen LogP contribution in [0.5, 0.6) is 17.2 Å². The van der Waals surface area contributed by atoms with Crippen LogP contribution in [0, 0.1) is 0 Å². The van der Waals surface area contributed by atoms with Gasteiger partial charge in [-0.05, 0) is 92.8 Å². The van der Waals surface area contributed by atoms with Gasteiger partial charge < -0.3 is 25.2 Å². The van der Waals surface area contributed by atoms with Crippen LogP contribution in [-0.2, 0) is 16.0 Å². The van der Waals surface area contributed by atoms with Crippen molar-refractivity contribution in [3.63, 3.8) is 0 Å². The van der Waals surface area contributed by atoms with Crippen LogP contribution in [0.4, 0.5) is 5.69 Å². The fraction of sp³-hybridized carbons (Fsp3) is 0.258. The molecular formula is C31H32N2O6. The second-order valence-corrected chi connectivity index (χ2v) is 9.39. The van der Waals surface area contributed by atoms with Crippen LogP contribution in [0.2, 0.25) is 0 Å². The molecule has 3 aromatic rings. The van der Waals surface area contributed by atoms with Crippen molar-refractivity contribution in [2.24, 2.45) is 0 Å². The van der Waals surface area contributed by atoms with Gasteiger partial charge in [-0.1, -0.05) is 30.3 Å². The first-order valence-electron chi connectivity index (χ1n) is 13.0. The average Bonchev–Trinajstić information content (AvgIpc) is 2.92. The lowest BCUT2D eigenvalue weighted by molar-refractivity contribution is -0.117. The van der Waals surface area contributed by atoms with E-state index >= 15 is 0 Å². The lowest BCUT2D eigenvalue weighted by atomic mass is 9.93. The molecule has 1 aliphatic carbocycles. The molecule has 3 N–H and O–H groups in total. The van der Waals surface area contributed by atoms with Crippen molar-refractivity contribution in [1.29, 1.82) is 0 Å². The number of carbonyl (C=O) groups is 3.